The third-order valence-corrected chi connectivity index (χ3v) is 11.4. The van der Waals surface area contributed by atoms with Gasteiger partial charge in [0.25, 0.3) is 0 Å². The molecule has 4 heteroatoms. The van der Waals surface area contributed by atoms with E-state index in [0.29, 0.717) is 55.9 Å². The molecule has 0 bridgehead atoms. The van der Waals surface area contributed by atoms with Gasteiger partial charge in [-0.15, -0.1) is 0 Å². The van der Waals surface area contributed by atoms with Crippen LogP contribution in [0.4, 0.5) is 0 Å². The number of phenolic OH excluding ortho intramolecular Hbond substituents is 1. The van der Waals surface area contributed by atoms with E-state index in [1.807, 2.05) is 126 Å². The molecule has 1 N–H and O–H groups in total. The fourth-order valence-electron chi connectivity index (χ4n) is 8.03. The smallest absolute Gasteiger partial charge is 0.149 e. The Bertz CT molecular complexity index is 3510. The normalized spacial score (nSPS) is 15.5. The van der Waals surface area contributed by atoms with Crippen LogP contribution in [0.5, 0.6) is 5.75 Å². The number of benzene rings is 6. The van der Waals surface area contributed by atoms with E-state index in [9.17, 15) is 6.48 Å². The van der Waals surface area contributed by atoms with Crippen LogP contribution in [0.15, 0.2) is 139 Å². The summed E-state index contributed by atoms with van der Waals surface area (Å²) in [5, 5.41) is 12.3. The lowest BCUT2D eigenvalue weighted by Crippen LogP contribution is -2.11. The Hall–Kier alpha value is -6.26. The monoisotopic (exact) mass is 828 g/mol. The highest BCUT2D eigenvalue weighted by atomic mass is 16.3. The molecular weight excluding hydrogens is 755 g/mol. The molecule has 0 amide bonds. The Kier molecular flexibility index (Phi) is 8.15. The average Bonchev–Trinajstić information content (AvgIpc) is 3.70. The molecule has 0 radical (unpaired) electrons. The fraction of sp³-hybridized carbons (Fsp3) is 0.276. The second kappa shape index (κ2) is 16.9. The van der Waals surface area contributed by atoms with E-state index in [2.05, 4.69) is 4.98 Å². The Morgan fingerprint density at radius 2 is 1.26 bits per heavy atom. The second-order valence-corrected chi connectivity index (χ2v) is 17.9. The summed E-state index contributed by atoms with van der Waals surface area (Å²) in [6.07, 6.45) is -0.545. The van der Waals surface area contributed by atoms with Crippen LogP contribution >= 0.6 is 0 Å². The molecule has 0 saturated carbocycles. The van der Waals surface area contributed by atoms with Crippen molar-refractivity contribution in [3.05, 3.63) is 167 Å². The van der Waals surface area contributed by atoms with E-state index in [1.54, 1.807) is 45.9 Å². The summed E-state index contributed by atoms with van der Waals surface area (Å²) in [5.41, 5.74) is 7.38. The predicted molar refractivity (Wildman–Crippen MR) is 263 cm³/mol. The highest BCUT2D eigenvalue weighted by Gasteiger charge is 2.25. The van der Waals surface area contributed by atoms with Crippen LogP contribution in [0.1, 0.15) is 144 Å². The summed E-state index contributed by atoms with van der Waals surface area (Å²) < 4.78 is 108. The van der Waals surface area contributed by atoms with Crippen LogP contribution in [-0.2, 0) is 5.41 Å². The van der Waals surface area contributed by atoms with Crippen molar-refractivity contribution in [2.75, 3.05) is 0 Å². The van der Waals surface area contributed by atoms with Gasteiger partial charge in [0.1, 0.15) is 11.6 Å². The van der Waals surface area contributed by atoms with E-state index in [-0.39, 0.29) is 28.6 Å². The van der Waals surface area contributed by atoms with Crippen LogP contribution < -0.4 is 0 Å². The zero-order valence-corrected chi connectivity index (χ0v) is 37.4. The Labute approximate surface area is 386 Å². The molecule has 0 atom stereocenters. The molecule has 6 aromatic carbocycles. The molecule has 4 nitrogen and oxygen atoms in total. The molecule has 8 aromatic rings. The standard InChI is InChI=1S/C58H61N3O/c1-35(2)42-32-50(38(7)8)56(62)51(33-42)57-60-55-49(43-29-44(31-45(30-43)58(9,10)11)52-34-41(27-28-59-52)39-17-13-12-14-18-39)21-16-22-53(55)61(57)46-25-23-40(24-26-46)54-47(36(3)4)19-15-20-48(54)37(5)6/h12-38,62H,1-11H3/i12D,13D,14D,17D,18D,27D,28D,34D,35D,36D,37D,38D. The number of phenols is 1. The van der Waals surface area contributed by atoms with Gasteiger partial charge in [0.15, 0.2) is 0 Å². The van der Waals surface area contributed by atoms with Gasteiger partial charge in [0, 0.05) is 28.5 Å². The van der Waals surface area contributed by atoms with Crippen molar-refractivity contribution in [2.24, 2.45) is 0 Å². The first-order valence-electron chi connectivity index (χ1n) is 27.0. The molecule has 0 aliphatic rings. The van der Waals surface area contributed by atoms with Gasteiger partial charge in [-0.2, -0.15) is 0 Å². The summed E-state index contributed by atoms with van der Waals surface area (Å²) in [6.45, 7) is 20.3. The lowest BCUT2D eigenvalue weighted by atomic mass is 9.83. The molecule has 314 valence electrons. The summed E-state index contributed by atoms with van der Waals surface area (Å²) in [5.74, 6) is -4.22. The van der Waals surface area contributed by atoms with Gasteiger partial charge in [-0.3, -0.25) is 9.55 Å². The maximum Gasteiger partial charge on any atom is 0.149 e. The van der Waals surface area contributed by atoms with Gasteiger partial charge < -0.3 is 5.11 Å². The van der Waals surface area contributed by atoms with Gasteiger partial charge in [-0.05, 0) is 133 Å². The molecule has 0 aliphatic heterocycles. The minimum Gasteiger partial charge on any atom is -0.507 e. The number of pyridine rings is 1. The predicted octanol–water partition coefficient (Wildman–Crippen LogP) is 16.3. The van der Waals surface area contributed by atoms with Crippen LogP contribution in [0.3, 0.4) is 0 Å². The minimum atomic E-state index is -1.28. The van der Waals surface area contributed by atoms with Crippen LogP contribution in [-0.4, -0.2) is 19.6 Å². The van der Waals surface area contributed by atoms with Crippen LogP contribution in [0.25, 0.3) is 72.7 Å². The zero-order chi connectivity index (χ0) is 54.7. The maximum absolute atomic E-state index is 12.3. The van der Waals surface area contributed by atoms with Crippen molar-refractivity contribution in [3.63, 3.8) is 0 Å². The molecule has 2 aromatic heterocycles. The molecular formula is C58H61N3O. The second-order valence-electron chi connectivity index (χ2n) is 17.9. The van der Waals surface area contributed by atoms with E-state index >= 15 is 0 Å². The third-order valence-electron chi connectivity index (χ3n) is 11.4. The molecule has 0 saturated heterocycles. The quantitative estimate of drug-likeness (QED) is 0.149. The Morgan fingerprint density at radius 3 is 1.89 bits per heavy atom. The molecule has 0 fully saturated rings. The molecule has 2 heterocycles. The number of rotatable bonds is 10. The number of imidazole rings is 1. The summed E-state index contributed by atoms with van der Waals surface area (Å²) in [4.78, 5) is 9.82. The minimum absolute atomic E-state index is 0.0312. The molecule has 0 aliphatic carbocycles. The lowest BCUT2D eigenvalue weighted by Gasteiger charge is -2.22. The lowest BCUT2D eigenvalue weighted by molar-refractivity contribution is 0.466. The number of fused-ring (bicyclic) bond motifs is 1. The third kappa shape index (κ3) is 8.11. The van der Waals surface area contributed by atoms with Crippen molar-refractivity contribution in [2.45, 2.75) is 105 Å². The first-order chi connectivity index (χ1) is 34.1. The molecule has 0 unspecified atom stereocenters. The van der Waals surface area contributed by atoms with E-state index in [0.717, 1.165) is 27.8 Å². The van der Waals surface area contributed by atoms with Crippen LogP contribution in [0, 0.1) is 0 Å². The van der Waals surface area contributed by atoms with Crippen molar-refractivity contribution < 1.29 is 21.6 Å². The molecule has 0 spiro atoms. The van der Waals surface area contributed by atoms with Gasteiger partial charge in [0.05, 0.1) is 33.3 Å². The first kappa shape index (κ1) is 29.9. The number of hydrogen-bond acceptors (Lipinski definition) is 3. The SMILES string of the molecule is [2H]c1nc(-c2cc(-c3cccc4c3nc(-c3cc(C([2H])(C)C)cc(C([2H])(C)C)c3O)n4-c3ccc(-c4c(C([2H])(C)C)cccc4C([2H])(C)C)cc3)cc(C(C)(C)C)c2)c([2H])c(-c2c([2H])c([2H])c([2H])c([2H])c2[2H])c1[2H]. The zero-order valence-electron chi connectivity index (χ0n) is 49.4. The van der Waals surface area contributed by atoms with Gasteiger partial charge >= 0.3 is 0 Å². The number of aromatic hydroxyl groups is 1. The molecule has 8 rings (SSSR count). The number of para-hydroxylation sites is 1. The van der Waals surface area contributed by atoms with E-state index in [1.165, 1.54) is 0 Å². The van der Waals surface area contributed by atoms with Gasteiger partial charge in [-0.25, -0.2) is 4.98 Å². The van der Waals surface area contributed by atoms with Crippen molar-refractivity contribution >= 4 is 11.0 Å². The largest absolute Gasteiger partial charge is 0.507 e. The highest BCUT2D eigenvalue weighted by molar-refractivity contribution is 5.97. The Morgan fingerprint density at radius 1 is 0.613 bits per heavy atom. The number of nitrogens with zero attached hydrogens (tertiary/aromatic N) is 3. The van der Waals surface area contributed by atoms with Gasteiger partial charge in [0.2, 0.25) is 0 Å². The Balaban J connectivity index is 1.44. The van der Waals surface area contributed by atoms with Crippen LogP contribution in [0.2, 0.25) is 0 Å². The van der Waals surface area contributed by atoms with Crippen molar-refractivity contribution in [3.8, 4) is 67.5 Å². The maximum atomic E-state index is 12.3. The topological polar surface area (TPSA) is 50.9 Å². The van der Waals surface area contributed by atoms with E-state index < -0.39 is 71.4 Å². The van der Waals surface area contributed by atoms with E-state index in [4.69, 9.17) is 20.1 Å². The number of aromatic nitrogens is 3. The van der Waals surface area contributed by atoms with Crippen molar-refractivity contribution in [1.29, 1.82) is 0 Å². The molecule has 62 heavy (non-hydrogen) atoms. The fourth-order valence-corrected chi connectivity index (χ4v) is 8.03. The highest BCUT2D eigenvalue weighted by Crippen LogP contribution is 2.44. The number of hydrogen-bond donors (Lipinski definition) is 1. The summed E-state index contributed by atoms with van der Waals surface area (Å²) in [6, 6.07) is 24.3. The van der Waals surface area contributed by atoms with Crippen molar-refractivity contribution in [1.82, 2.24) is 14.5 Å². The first-order valence-corrected chi connectivity index (χ1v) is 21.0. The average molecular weight is 828 g/mol. The van der Waals surface area contributed by atoms with Gasteiger partial charge in [-0.1, -0.05) is 161 Å². The summed E-state index contributed by atoms with van der Waals surface area (Å²) in [7, 11) is 0. The summed E-state index contributed by atoms with van der Waals surface area (Å²) >= 11 is 0.